The average Bonchev–Trinajstić information content (AvgIpc) is 2.65. The zero-order valence-corrected chi connectivity index (χ0v) is 17.5. The van der Waals surface area contributed by atoms with Crippen molar-refractivity contribution in [3.05, 3.63) is 0 Å². The second kappa shape index (κ2) is 11.2. The zero-order chi connectivity index (χ0) is 19.7. The highest BCUT2D eigenvalue weighted by molar-refractivity contribution is 5.92. The van der Waals surface area contributed by atoms with Gasteiger partial charge >= 0.3 is 0 Å². The molecule has 5 atom stereocenters. The highest BCUT2D eigenvalue weighted by atomic mass is 16.3. The zero-order valence-electron chi connectivity index (χ0n) is 17.5. The summed E-state index contributed by atoms with van der Waals surface area (Å²) in [6.45, 7) is 4.40. The molecule has 0 radical (unpaired) electrons. The molecular formula is C24H40O3. The Balaban J connectivity index is 1.89. The van der Waals surface area contributed by atoms with Crippen LogP contribution in [-0.4, -0.2) is 28.2 Å². The van der Waals surface area contributed by atoms with Crippen LogP contribution in [-0.2, 0) is 4.79 Å². The molecule has 0 aromatic carbocycles. The molecule has 0 saturated heterocycles. The molecule has 2 rings (SSSR count). The number of rotatable bonds is 11. The van der Waals surface area contributed by atoms with E-state index < -0.39 is 12.2 Å². The number of aliphatic hydroxyl groups is 2. The monoisotopic (exact) mass is 376 g/mol. The van der Waals surface area contributed by atoms with E-state index in [1.165, 1.54) is 38.5 Å². The Morgan fingerprint density at radius 1 is 1.07 bits per heavy atom. The number of carbonyl (C=O) groups excluding carboxylic acids is 1. The summed E-state index contributed by atoms with van der Waals surface area (Å²) in [5.41, 5.74) is -0.225. The molecule has 0 amide bonds. The fraction of sp³-hybridized carbons (Fsp3) is 0.875. The summed E-state index contributed by atoms with van der Waals surface area (Å²) < 4.78 is 0. The van der Waals surface area contributed by atoms with Gasteiger partial charge in [0.1, 0.15) is 11.9 Å². The van der Waals surface area contributed by atoms with E-state index >= 15 is 0 Å². The summed E-state index contributed by atoms with van der Waals surface area (Å²) in [6.07, 6.45) is 13.3. The first-order valence-electron chi connectivity index (χ1n) is 11.5. The van der Waals surface area contributed by atoms with Crippen molar-refractivity contribution in [1.82, 2.24) is 0 Å². The molecular weight excluding hydrogens is 336 g/mol. The van der Waals surface area contributed by atoms with Gasteiger partial charge in [-0.2, -0.15) is 0 Å². The summed E-state index contributed by atoms with van der Waals surface area (Å²) in [5.74, 6) is 6.64. The Bertz CT molecular complexity index is 517. The van der Waals surface area contributed by atoms with E-state index in [4.69, 9.17) is 0 Å². The minimum atomic E-state index is -0.601. The molecule has 2 N–H and O–H groups in total. The lowest BCUT2D eigenvalue weighted by molar-refractivity contribution is -0.161. The van der Waals surface area contributed by atoms with Crippen molar-refractivity contribution in [1.29, 1.82) is 0 Å². The lowest BCUT2D eigenvalue weighted by atomic mass is 9.47. The van der Waals surface area contributed by atoms with Crippen LogP contribution in [0.3, 0.4) is 0 Å². The molecule has 2 fully saturated rings. The molecule has 154 valence electrons. The van der Waals surface area contributed by atoms with E-state index in [1.54, 1.807) is 0 Å². The topological polar surface area (TPSA) is 57.5 Å². The van der Waals surface area contributed by atoms with Gasteiger partial charge in [-0.1, -0.05) is 77.1 Å². The standard InChI is InChI=1S/C24H40O3/c1-3-5-7-9-10-12-19(25)13-14-20-21-18-23(27)24(21,17-15-22(20)26)16-11-8-6-4-2/h19-22,25-26H,3-12,15-18H2,1-2H3/t19-,20-,21-,22-,24+/m0/s1. The third kappa shape index (κ3) is 5.81. The third-order valence-corrected chi connectivity index (χ3v) is 6.88. The van der Waals surface area contributed by atoms with E-state index in [0.29, 0.717) is 25.0 Å². The van der Waals surface area contributed by atoms with E-state index in [2.05, 4.69) is 25.7 Å². The van der Waals surface area contributed by atoms with Gasteiger partial charge in [0.25, 0.3) is 0 Å². The maximum atomic E-state index is 12.5. The van der Waals surface area contributed by atoms with Crippen LogP contribution in [0, 0.1) is 29.1 Å². The third-order valence-electron chi connectivity index (χ3n) is 6.88. The Hall–Kier alpha value is -0.850. The highest BCUT2D eigenvalue weighted by Crippen LogP contribution is 2.57. The van der Waals surface area contributed by atoms with Crippen LogP contribution in [0.25, 0.3) is 0 Å². The lowest BCUT2D eigenvalue weighted by Gasteiger charge is -2.55. The van der Waals surface area contributed by atoms with Crippen LogP contribution in [0.1, 0.15) is 104 Å². The summed E-state index contributed by atoms with van der Waals surface area (Å²) in [7, 11) is 0. The van der Waals surface area contributed by atoms with Crippen LogP contribution >= 0.6 is 0 Å². The molecule has 0 aromatic rings. The number of unbranched alkanes of at least 4 members (excludes halogenated alkanes) is 7. The van der Waals surface area contributed by atoms with E-state index in [0.717, 1.165) is 32.1 Å². The molecule has 2 aliphatic rings. The SMILES string of the molecule is CCCCCCC[C@H](O)C#C[C@@H]1[C@@H](O)CC[C@@]2(CCCCCC)C(=O)C[C@@H]12. The lowest BCUT2D eigenvalue weighted by Crippen LogP contribution is -2.58. The van der Waals surface area contributed by atoms with E-state index in [1.807, 2.05) is 0 Å². The fourth-order valence-corrected chi connectivity index (χ4v) is 5.04. The second-order valence-electron chi connectivity index (χ2n) is 8.84. The molecule has 3 nitrogen and oxygen atoms in total. The van der Waals surface area contributed by atoms with Crippen molar-refractivity contribution >= 4 is 5.78 Å². The first-order chi connectivity index (χ1) is 13.0. The number of hydrogen-bond donors (Lipinski definition) is 2. The van der Waals surface area contributed by atoms with Gasteiger partial charge in [0.2, 0.25) is 0 Å². The number of ketones is 1. The Labute approximate surface area is 166 Å². The number of Topliss-reactive ketones (excluding diaryl/α,β-unsaturated/α-hetero) is 1. The van der Waals surface area contributed by atoms with Gasteiger partial charge in [0.15, 0.2) is 0 Å². The van der Waals surface area contributed by atoms with Gasteiger partial charge in [-0.3, -0.25) is 4.79 Å². The molecule has 0 aromatic heterocycles. The molecule has 3 heteroatoms. The summed E-state index contributed by atoms with van der Waals surface area (Å²) >= 11 is 0. The van der Waals surface area contributed by atoms with Gasteiger partial charge in [-0.25, -0.2) is 0 Å². The van der Waals surface area contributed by atoms with Crippen molar-refractivity contribution in [2.45, 2.75) is 116 Å². The molecule has 0 bridgehead atoms. The minimum Gasteiger partial charge on any atom is -0.392 e. The molecule has 0 aliphatic heterocycles. The first kappa shape index (κ1) is 22.4. The van der Waals surface area contributed by atoms with Crippen molar-refractivity contribution in [2.24, 2.45) is 17.3 Å². The smallest absolute Gasteiger partial charge is 0.139 e. The summed E-state index contributed by atoms with van der Waals surface area (Å²) in [5, 5.41) is 20.7. The van der Waals surface area contributed by atoms with E-state index in [-0.39, 0.29) is 17.3 Å². The number of hydrogen-bond acceptors (Lipinski definition) is 3. The van der Waals surface area contributed by atoms with Gasteiger partial charge in [-0.05, 0) is 38.0 Å². The van der Waals surface area contributed by atoms with Gasteiger partial charge in [0, 0.05) is 11.8 Å². The van der Waals surface area contributed by atoms with Crippen molar-refractivity contribution in [3.63, 3.8) is 0 Å². The quantitative estimate of drug-likeness (QED) is 0.393. The highest BCUT2D eigenvalue weighted by Gasteiger charge is 2.59. The average molecular weight is 377 g/mol. The molecule has 0 unspecified atom stereocenters. The van der Waals surface area contributed by atoms with Crippen LogP contribution in [0.4, 0.5) is 0 Å². The largest absolute Gasteiger partial charge is 0.392 e. The van der Waals surface area contributed by atoms with Gasteiger partial charge in [-0.15, -0.1) is 0 Å². The Kier molecular flexibility index (Phi) is 9.33. The Morgan fingerprint density at radius 3 is 2.41 bits per heavy atom. The number of aliphatic hydroxyl groups excluding tert-OH is 2. The molecule has 2 saturated carbocycles. The summed E-state index contributed by atoms with van der Waals surface area (Å²) in [6, 6.07) is 0. The summed E-state index contributed by atoms with van der Waals surface area (Å²) in [4.78, 5) is 12.5. The Morgan fingerprint density at radius 2 is 1.74 bits per heavy atom. The molecule has 2 aliphatic carbocycles. The van der Waals surface area contributed by atoms with Crippen molar-refractivity contribution in [2.75, 3.05) is 0 Å². The maximum Gasteiger partial charge on any atom is 0.139 e. The van der Waals surface area contributed by atoms with Crippen molar-refractivity contribution in [3.8, 4) is 11.8 Å². The van der Waals surface area contributed by atoms with E-state index in [9.17, 15) is 15.0 Å². The predicted molar refractivity (Wildman–Crippen MR) is 110 cm³/mol. The van der Waals surface area contributed by atoms with Crippen molar-refractivity contribution < 1.29 is 15.0 Å². The molecule has 27 heavy (non-hydrogen) atoms. The van der Waals surface area contributed by atoms with Crippen LogP contribution in [0.15, 0.2) is 0 Å². The van der Waals surface area contributed by atoms with Gasteiger partial charge in [0.05, 0.1) is 12.0 Å². The van der Waals surface area contributed by atoms with Crippen LogP contribution in [0.5, 0.6) is 0 Å². The van der Waals surface area contributed by atoms with Gasteiger partial charge < -0.3 is 10.2 Å². The first-order valence-corrected chi connectivity index (χ1v) is 11.5. The fourth-order valence-electron chi connectivity index (χ4n) is 5.04. The van der Waals surface area contributed by atoms with Crippen LogP contribution < -0.4 is 0 Å². The predicted octanol–water partition coefficient (Wildman–Crippen LogP) is 5.03. The number of fused-ring (bicyclic) bond motifs is 1. The normalized spacial score (nSPS) is 30.8. The maximum absolute atomic E-state index is 12.5. The molecule has 0 heterocycles. The minimum absolute atomic E-state index is 0.141. The molecule has 0 spiro atoms. The van der Waals surface area contributed by atoms with Crippen LogP contribution in [0.2, 0.25) is 0 Å². The number of carbonyl (C=O) groups is 1. The second-order valence-corrected chi connectivity index (χ2v) is 8.84.